The summed E-state index contributed by atoms with van der Waals surface area (Å²) in [6.45, 7) is 7.64. The number of nitrogens with one attached hydrogen (secondary N) is 1. The maximum absolute atomic E-state index is 14.5. The molecule has 32 heavy (non-hydrogen) atoms. The number of esters is 1. The molecule has 0 unspecified atom stereocenters. The molecule has 0 aliphatic carbocycles. The van der Waals surface area contributed by atoms with Crippen LogP contribution in [0.2, 0.25) is 5.02 Å². The molecule has 1 amide bonds. The number of fused-ring (bicyclic) bond motifs is 3. The number of nitrogens with zero attached hydrogens (tertiary/aromatic N) is 2. The molecule has 0 saturated heterocycles. The predicted octanol–water partition coefficient (Wildman–Crippen LogP) is 5.08. The number of hydrogen-bond donors (Lipinski definition) is 1. The van der Waals surface area contributed by atoms with Gasteiger partial charge in [0.15, 0.2) is 0 Å². The molecule has 4 rings (SSSR count). The molecule has 1 aliphatic rings. The van der Waals surface area contributed by atoms with E-state index in [4.69, 9.17) is 16.3 Å². The van der Waals surface area contributed by atoms with Crippen LogP contribution in [0.25, 0.3) is 16.6 Å². The number of carbonyl (C=O) groups excluding carboxylic acids is 2. The molecular weight excluding hydrogens is 433 g/mol. The fourth-order valence-corrected chi connectivity index (χ4v) is 4.24. The highest BCUT2D eigenvalue weighted by molar-refractivity contribution is 6.30. The number of halogens is 2. The lowest BCUT2D eigenvalue weighted by molar-refractivity contribution is -0.140. The van der Waals surface area contributed by atoms with Gasteiger partial charge in [-0.2, -0.15) is 0 Å². The smallest absolute Gasteiger partial charge is 0.342 e. The van der Waals surface area contributed by atoms with Crippen molar-refractivity contribution in [2.75, 3.05) is 6.54 Å². The second-order valence-corrected chi connectivity index (χ2v) is 9.15. The SMILES string of the molecule is CC(C)OC(=O)C1=CN(C(=O)c2ccc(Cl)cc2F)CC(C)(C)c2c1[nH]c1ncccc21. The van der Waals surface area contributed by atoms with Crippen molar-refractivity contribution in [3.63, 3.8) is 0 Å². The summed E-state index contributed by atoms with van der Waals surface area (Å²) in [6.07, 6.45) is 2.74. The van der Waals surface area contributed by atoms with Crippen molar-refractivity contribution >= 4 is 40.1 Å². The number of amides is 1. The molecule has 0 spiro atoms. The van der Waals surface area contributed by atoms with E-state index in [1.165, 1.54) is 23.2 Å². The van der Waals surface area contributed by atoms with Crippen LogP contribution < -0.4 is 0 Å². The third-order valence-electron chi connectivity index (χ3n) is 5.35. The lowest BCUT2D eigenvalue weighted by atomic mass is 9.82. The summed E-state index contributed by atoms with van der Waals surface area (Å²) in [5, 5.41) is 1.05. The number of rotatable bonds is 3. The largest absolute Gasteiger partial charge is 0.459 e. The van der Waals surface area contributed by atoms with Gasteiger partial charge in [0, 0.05) is 34.8 Å². The van der Waals surface area contributed by atoms with Crippen LogP contribution in [0.3, 0.4) is 0 Å². The van der Waals surface area contributed by atoms with Crippen molar-refractivity contribution in [3.8, 4) is 0 Å². The van der Waals surface area contributed by atoms with Gasteiger partial charge in [-0.1, -0.05) is 25.4 Å². The molecule has 0 atom stereocenters. The van der Waals surface area contributed by atoms with Crippen molar-refractivity contribution in [3.05, 3.63) is 70.4 Å². The van der Waals surface area contributed by atoms with Crippen LogP contribution in [0.15, 0.2) is 42.7 Å². The molecule has 1 aromatic carbocycles. The van der Waals surface area contributed by atoms with E-state index in [0.717, 1.165) is 17.0 Å². The third kappa shape index (κ3) is 3.88. The highest BCUT2D eigenvalue weighted by atomic mass is 35.5. The molecule has 3 heterocycles. The van der Waals surface area contributed by atoms with E-state index in [1.54, 1.807) is 20.0 Å². The summed E-state index contributed by atoms with van der Waals surface area (Å²) in [5.41, 5.74) is 1.49. The Morgan fingerprint density at radius 3 is 2.72 bits per heavy atom. The summed E-state index contributed by atoms with van der Waals surface area (Å²) in [5.74, 6) is -1.88. The van der Waals surface area contributed by atoms with Gasteiger partial charge in [-0.25, -0.2) is 14.2 Å². The Morgan fingerprint density at radius 2 is 2.03 bits per heavy atom. The number of ether oxygens (including phenoxy) is 1. The van der Waals surface area contributed by atoms with Crippen molar-refractivity contribution in [1.29, 1.82) is 0 Å². The van der Waals surface area contributed by atoms with Crippen molar-refractivity contribution in [1.82, 2.24) is 14.9 Å². The number of aromatic amines is 1. The molecule has 166 valence electrons. The quantitative estimate of drug-likeness (QED) is 0.559. The molecule has 6 nitrogen and oxygen atoms in total. The van der Waals surface area contributed by atoms with Crippen LogP contribution >= 0.6 is 11.6 Å². The third-order valence-corrected chi connectivity index (χ3v) is 5.59. The Labute approximate surface area is 190 Å². The van der Waals surface area contributed by atoms with Crippen molar-refractivity contribution < 1.29 is 18.7 Å². The minimum absolute atomic E-state index is 0.130. The zero-order valence-electron chi connectivity index (χ0n) is 18.2. The van der Waals surface area contributed by atoms with E-state index in [2.05, 4.69) is 9.97 Å². The number of pyridine rings is 1. The van der Waals surface area contributed by atoms with Gasteiger partial charge in [0.2, 0.25) is 0 Å². The first-order valence-corrected chi connectivity index (χ1v) is 10.6. The standard InChI is InChI=1S/C24H23ClFN3O3/c1-13(2)32-23(31)17-11-29(22(30)15-8-7-14(25)10-18(15)26)12-24(3,4)19-16-6-5-9-27-21(16)28-20(17)19/h5-11,13H,12H2,1-4H3,(H,27,28). The molecule has 0 bridgehead atoms. The summed E-state index contributed by atoms with van der Waals surface area (Å²) in [6, 6.07) is 7.63. The first-order chi connectivity index (χ1) is 15.1. The highest BCUT2D eigenvalue weighted by Crippen LogP contribution is 2.40. The van der Waals surface area contributed by atoms with Gasteiger partial charge >= 0.3 is 5.97 Å². The van der Waals surface area contributed by atoms with Crippen LogP contribution in [-0.4, -0.2) is 39.4 Å². The van der Waals surface area contributed by atoms with Gasteiger partial charge in [-0.15, -0.1) is 0 Å². The van der Waals surface area contributed by atoms with Crippen molar-refractivity contribution in [2.45, 2.75) is 39.2 Å². The maximum atomic E-state index is 14.5. The molecule has 0 saturated carbocycles. The lowest BCUT2D eigenvalue weighted by Gasteiger charge is -2.29. The molecule has 1 N–H and O–H groups in total. The Kier molecular flexibility index (Phi) is 5.54. The second-order valence-electron chi connectivity index (χ2n) is 8.71. The molecule has 0 radical (unpaired) electrons. The van der Waals surface area contributed by atoms with Gasteiger partial charge in [-0.3, -0.25) is 4.79 Å². The molecule has 8 heteroatoms. The lowest BCUT2D eigenvalue weighted by Crippen LogP contribution is -2.37. The van der Waals surface area contributed by atoms with Gasteiger partial charge in [0.1, 0.15) is 11.5 Å². The molecule has 3 aromatic rings. The van der Waals surface area contributed by atoms with Gasteiger partial charge < -0.3 is 14.6 Å². The molecular formula is C24H23ClFN3O3. The Hall–Kier alpha value is -3.19. The van der Waals surface area contributed by atoms with Crippen molar-refractivity contribution in [2.24, 2.45) is 0 Å². The molecule has 2 aromatic heterocycles. The van der Waals surface area contributed by atoms with E-state index in [9.17, 15) is 14.0 Å². The van der Waals surface area contributed by atoms with Gasteiger partial charge in [-0.05, 0) is 49.7 Å². The van der Waals surface area contributed by atoms with Gasteiger partial charge in [0.25, 0.3) is 5.91 Å². The molecule has 0 fully saturated rings. The number of aromatic nitrogens is 2. The Bertz CT molecular complexity index is 1260. The zero-order valence-corrected chi connectivity index (χ0v) is 19.0. The monoisotopic (exact) mass is 455 g/mol. The minimum atomic E-state index is -0.725. The van der Waals surface area contributed by atoms with Crippen LogP contribution in [0.1, 0.15) is 49.3 Å². The van der Waals surface area contributed by atoms with E-state index in [1.807, 2.05) is 26.0 Å². The van der Waals surface area contributed by atoms with E-state index in [-0.39, 0.29) is 28.8 Å². The number of benzene rings is 1. The second kappa shape index (κ2) is 8.06. The van der Waals surface area contributed by atoms with E-state index in [0.29, 0.717) is 11.3 Å². The maximum Gasteiger partial charge on any atom is 0.342 e. The average molecular weight is 456 g/mol. The zero-order chi connectivity index (χ0) is 23.2. The summed E-state index contributed by atoms with van der Waals surface area (Å²) >= 11 is 5.85. The van der Waals surface area contributed by atoms with Crippen LogP contribution in [0.5, 0.6) is 0 Å². The average Bonchev–Trinajstić information content (AvgIpc) is 3.04. The normalized spacial score (nSPS) is 15.3. The number of hydrogen-bond acceptors (Lipinski definition) is 4. The van der Waals surface area contributed by atoms with E-state index < -0.39 is 23.1 Å². The topological polar surface area (TPSA) is 75.3 Å². The van der Waals surface area contributed by atoms with E-state index >= 15 is 0 Å². The fourth-order valence-electron chi connectivity index (χ4n) is 4.08. The van der Waals surface area contributed by atoms with Crippen LogP contribution in [-0.2, 0) is 14.9 Å². The number of H-pyrrole nitrogens is 1. The molecule has 1 aliphatic heterocycles. The Morgan fingerprint density at radius 1 is 1.28 bits per heavy atom. The summed E-state index contributed by atoms with van der Waals surface area (Å²) < 4.78 is 20.0. The first-order valence-electron chi connectivity index (χ1n) is 10.2. The van der Waals surface area contributed by atoms with Crippen LogP contribution in [0, 0.1) is 5.82 Å². The van der Waals surface area contributed by atoms with Crippen LogP contribution in [0.4, 0.5) is 4.39 Å². The van der Waals surface area contributed by atoms with Gasteiger partial charge in [0.05, 0.1) is 22.9 Å². The highest BCUT2D eigenvalue weighted by Gasteiger charge is 2.38. The summed E-state index contributed by atoms with van der Waals surface area (Å²) in [4.78, 5) is 35.4. The fraction of sp³-hybridized carbons (Fsp3) is 0.292. The minimum Gasteiger partial charge on any atom is -0.459 e. The summed E-state index contributed by atoms with van der Waals surface area (Å²) in [7, 11) is 0. The predicted molar refractivity (Wildman–Crippen MR) is 121 cm³/mol. The first kappa shape index (κ1) is 22.0. The Balaban J connectivity index is 1.90. The number of carbonyl (C=O) groups is 2.